The second-order valence-electron chi connectivity index (χ2n) is 7.86. The van der Waals surface area contributed by atoms with Gasteiger partial charge in [-0.05, 0) is 31.6 Å². The molecule has 10 heteroatoms. The van der Waals surface area contributed by atoms with Crippen LogP contribution in [0.25, 0.3) is 0 Å². The maximum atomic E-state index is 12.0. The smallest absolute Gasteiger partial charge is 0.225 e. The highest BCUT2D eigenvalue weighted by atomic mass is 127. The number of carbonyl (C=O) groups excluding carboxylic acids is 1. The molecule has 0 spiro atoms. The molecule has 0 aromatic carbocycles. The topological polar surface area (TPSA) is 103 Å². The number of sulfonamides is 1. The molecule has 8 nitrogen and oxygen atoms in total. The monoisotopic (exact) mass is 529 g/mol. The van der Waals surface area contributed by atoms with Gasteiger partial charge in [-0.2, -0.15) is 0 Å². The average Bonchev–Trinajstić information content (AvgIpc) is 2.59. The number of amides is 1. The van der Waals surface area contributed by atoms with E-state index in [9.17, 15) is 13.2 Å². The Kier molecular flexibility index (Phi) is 11.0. The zero-order chi connectivity index (χ0) is 19.9. The lowest BCUT2D eigenvalue weighted by Gasteiger charge is -2.34. The molecule has 1 heterocycles. The van der Waals surface area contributed by atoms with Gasteiger partial charge in [0.1, 0.15) is 0 Å². The summed E-state index contributed by atoms with van der Waals surface area (Å²) in [6.07, 6.45) is 5.18. The van der Waals surface area contributed by atoms with E-state index in [-0.39, 0.29) is 47.6 Å². The predicted octanol–water partition coefficient (Wildman–Crippen LogP) is 1.14. The summed E-state index contributed by atoms with van der Waals surface area (Å²) in [6, 6.07) is 0.237. The SMILES string of the molecule is CN=C(NCCS(=O)(=O)NCC1CCC1)NC1CCN(C(=O)C(C)C)CC1.I. The van der Waals surface area contributed by atoms with Crippen molar-refractivity contribution in [2.45, 2.75) is 52.0 Å². The van der Waals surface area contributed by atoms with E-state index in [1.165, 1.54) is 6.42 Å². The van der Waals surface area contributed by atoms with Crippen molar-refractivity contribution < 1.29 is 13.2 Å². The summed E-state index contributed by atoms with van der Waals surface area (Å²) in [5.41, 5.74) is 0. The van der Waals surface area contributed by atoms with E-state index in [1.807, 2.05) is 18.7 Å². The molecule has 0 unspecified atom stereocenters. The zero-order valence-electron chi connectivity index (χ0n) is 17.2. The molecule has 1 aliphatic carbocycles. The largest absolute Gasteiger partial charge is 0.355 e. The fourth-order valence-electron chi connectivity index (χ4n) is 3.32. The maximum absolute atomic E-state index is 12.0. The van der Waals surface area contributed by atoms with Crippen molar-refractivity contribution in [2.24, 2.45) is 16.8 Å². The minimum Gasteiger partial charge on any atom is -0.355 e. The fraction of sp³-hybridized carbons (Fsp3) is 0.889. The highest BCUT2D eigenvalue weighted by Crippen LogP contribution is 2.25. The standard InChI is InChI=1S/C18H35N5O3S.HI/c1-14(2)17(24)23-10-7-16(8-11-23)22-18(19-3)20-9-12-27(25,26)21-13-15-5-4-6-15;/h14-16,21H,4-13H2,1-3H3,(H2,19,20,22);1H. The second-order valence-corrected chi connectivity index (χ2v) is 9.79. The Bertz CT molecular complexity index is 615. The molecule has 0 atom stereocenters. The van der Waals surface area contributed by atoms with Gasteiger partial charge in [-0.1, -0.05) is 20.3 Å². The van der Waals surface area contributed by atoms with Gasteiger partial charge in [0, 0.05) is 45.2 Å². The Hall–Kier alpha value is -0.620. The first-order valence-corrected chi connectivity index (χ1v) is 11.7. The molecular formula is C18H36IN5O3S. The summed E-state index contributed by atoms with van der Waals surface area (Å²) < 4.78 is 26.8. The van der Waals surface area contributed by atoms with Crippen molar-refractivity contribution in [1.82, 2.24) is 20.3 Å². The lowest BCUT2D eigenvalue weighted by Crippen LogP contribution is -2.51. The van der Waals surface area contributed by atoms with Crippen LogP contribution in [0.15, 0.2) is 4.99 Å². The van der Waals surface area contributed by atoms with E-state index in [1.54, 1.807) is 7.05 Å². The minimum atomic E-state index is -3.25. The number of hydrogen-bond donors (Lipinski definition) is 3. The molecule has 0 aromatic rings. The molecule has 0 radical (unpaired) electrons. The molecule has 1 aliphatic heterocycles. The van der Waals surface area contributed by atoms with E-state index in [2.05, 4.69) is 20.3 Å². The number of piperidine rings is 1. The highest BCUT2D eigenvalue weighted by molar-refractivity contribution is 14.0. The van der Waals surface area contributed by atoms with Gasteiger partial charge in [-0.3, -0.25) is 9.79 Å². The van der Waals surface area contributed by atoms with Crippen molar-refractivity contribution in [3.05, 3.63) is 0 Å². The first kappa shape index (κ1) is 25.4. The first-order valence-electron chi connectivity index (χ1n) is 10.0. The molecule has 1 amide bonds. The summed E-state index contributed by atoms with van der Waals surface area (Å²) in [7, 11) is -1.58. The summed E-state index contributed by atoms with van der Waals surface area (Å²) in [4.78, 5) is 18.1. The second kappa shape index (κ2) is 12.2. The number of carbonyl (C=O) groups is 1. The molecule has 2 aliphatic rings. The van der Waals surface area contributed by atoms with Crippen LogP contribution in [0.1, 0.15) is 46.0 Å². The van der Waals surface area contributed by atoms with Crippen LogP contribution in [0.2, 0.25) is 0 Å². The van der Waals surface area contributed by atoms with Gasteiger partial charge in [0.05, 0.1) is 5.75 Å². The number of guanidine groups is 1. The lowest BCUT2D eigenvalue weighted by atomic mass is 9.86. The predicted molar refractivity (Wildman–Crippen MR) is 123 cm³/mol. The number of hydrogen-bond acceptors (Lipinski definition) is 4. The summed E-state index contributed by atoms with van der Waals surface area (Å²) in [5, 5.41) is 6.41. The van der Waals surface area contributed by atoms with Crippen LogP contribution in [0.3, 0.4) is 0 Å². The van der Waals surface area contributed by atoms with Crippen LogP contribution in [0.5, 0.6) is 0 Å². The van der Waals surface area contributed by atoms with Crippen molar-refractivity contribution >= 4 is 45.9 Å². The van der Waals surface area contributed by atoms with Crippen molar-refractivity contribution in [3.8, 4) is 0 Å². The Morgan fingerprint density at radius 3 is 2.32 bits per heavy atom. The maximum Gasteiger partial charge on any atom is 0.225 e. The molecule has 2 rings (SSSR count). The third kappa shape index (κ3) is 8.40. The Morgan fingerprint density at radius 1 is 1.18 bits per heavy atom. The van der Waals surface area contributed by atoms with Gasteiger partial charge in [0.25, 0.3) is 0 Å². The molecule has 28 heavy (non-hydrogen) atoms. The van der Waals surface area contributed by atoms with Gasteiger partial charge in [-0.25, -0.2) is 13.1 Å². The molecule has 0 bridgehead atoms. The molecular weight excluding hydrogens is 493 g/mol. The van der Waals surface area contributed by atoms with Crippen LogP contribution in [-0.4, -0.2) is 70.2 Å². The molecule has 164 valence electrons. The van der Waals surface area contributed by atoms with Crippen LogP contribution < -0.4 is 15.4 Å². The highest BCUT2D eigenvalue weighted by Gasteiger charge is 2.25. The third-order valence-corrected chi connectivity index (χ3v) is 6.69. The van der Waals surface area contributed by atoms with E-state index in [0.29, 0.717) is 25.0 Å². The van der Waals surface area contributed by atoms with Gasteiger partial charge in [-0.15, -0.1) is 24.0 Å². The van der Waals surface area contributed by atoms with Gasteiger partial charge in [0.2, 0.25) is 15.9 Å². The fourth-order valence-corrected chi connectivity index (χ4v) is 4.32. The van der Waals surface area contributed by atoms with Crippen molar-refractivity contribution in [1.29, 1.82) is 0 Å². The van der Waals surface area contributed by atoms with Gasteiger partial charge in [0.15, 0.2) is 5.96 Å². The van der Waals surface area contributed by atoms with E-state index >= 15 is 0 Å². The molecule has 3 N–H and O–H groups in total. The van der Waals surface area contributed by atoms with E-state index in [0.717, 1.165) is 38.8 Å². The molecule has 2 fully saturated rings. The number of likely N-dealkylation sites (tertiary alicyclic amines) is 1. The van der Waals surface area contributed by atoms with Crippen molar-refractivity contribution in [2.75, 3.05) is 39.0 Å². The number of nitrogens with zero attached hydrogens (tertiary/aromatic N) is 2. The van der Waals surface area contributed by atoms with Gasteiger partial charge >= 0.3 is 0 Å². The normalized spacial score (nSPS) is 19.1. The zero-order valence-corrected chi connectivity index (χ0v) is 20.4. The van der Waals surface area contributed by atoms with Gasteiger partial charge < -0.3 is 15.5 Å². The van der Waals surface area contributed by atoms with Crippen LogP contribution in [-0.2, 0) is 14.8 Å². The third-order valence-electron chi connectivity index (χ3n) is 5.34. The summed E-state index contributed by atoms with van der Waals surface area (Å²) in [5.74, 6) is 1.38. The number of aliphatic imine (C=N–C) groups is 1. The van der Waals surface area contributed by atoms with E-state index in [4.69, 9.17) is 0 Å². The van der Waals surface area contributed by atoms with Crippen LogP contribution in [0.4, 0.5) is 0 Å². The molecule has 1 saturated heterocycles. The quantitative estimate of drug-likeness (QED) is 0.249. The molecule has 1 saturated carbocycles. The minimum absolute atomic E-state index is 0. The summed E-state index contributed by atoms with van der Waals surface area (Å²) in [6.45, 7) is 6.20. The van der Waals surface area contributed by atoms with E-state index < -0.39 is 10.0 Å². The lowest BCUT2D eigenvalue weighted by molar-refractivity contribution is -0.135. The van der Waals surface area contributed by atoms with Crippen LogP contribution in [0, 0.1) is 11.8 Å². The first-order chi connectivity index (χ1) is 12.8. The number of halogens is 1. The Labute approximate surface area is 186 Å². The number of rotatable bonds is 8. The van der Waals surface area contributed by atoms with Crippen LogP contribution >= 0.6 is 24.0 Å². The Balaban J connectivity index is 0.00000392. The molecule has 0 aromatic heterocycles. The average molecular weight is 529 g/mol. The number of nitrogens with one attached hydrogen (secondary N) is 3. The van der Waals surface area contributed by atoms with Crippen molar-refractivity contribution in [3.63, 3.8) is 0 Å². The Morgan fingerprint density at radius 2 is 1.82 bits per heavy atom. The summed E-state index contributed by atoms with van der Waals surface area (Å²) >= 11 is 0.